The maximum atomic E-state index is 10.9. The van der Waals surface area contributed by atoms with Crippen LogP contribution in [-0.2, 0) is 0 Å². The zero-order valence-electron chi connectivity index (χ0n) is 6.07. The molecule has 0 aromatic carbocycles. The van der Waals surface area contributed by atoms with Crippen LogP contribution in [0.1, 0.15) is 10.4 Å². The number of fused-ring (bicyclic) bond motifs is 1. The molecular weight excluding hydrogens is 176 g/mol. The Morgan fingerprint density at radius 3 is 3.08 bits per heavy atom. The minimum absolute atomic E-state index is 0.457. The van der Waals surface area contributed by atoms with E-state index in [1.165, 1.54) is 0 Å². The van der Waals surface area contributed by atoms with Gasteiger partial charge in [-0.05, 0) is 29.8 Å². The van der Waals surface area contributed by atoms with Gasteiger partial charge >= 0.3 is 0 Å². The normalized spacial score (nSPS) is 10.4. The number of halogens is 1. The third-order valence-electron chi connectivity index (χ3n) is 1.65. The lowest BCUT2D eigenvalue weighted by Crippen LogP contribution is -1.94. The molecule has 0 N–H and O–H groups in total. The van der Waals surface area contributed by atoms with Gasteiger partial charge in [0.05, 0.1) is 17.3 Å². The summed E-state index contributed by atoms with van der Waals surface area (Å²) in [6.45, 7) is 0. The lowest BCUT2D eigenvalue weighted by Gasteiger charge is -1.96. The maximum absolute atomic E-state index is 10.9. The van der Waals surface area contributed by atoms with Crippen molar-refractivity contribution in [2.75, 3.05) is 0 Å². The van der Waals surface area contributed by atoms with Crippen molar-refractivity contribution in [1.29, 1.82) is 0 Å². The molecule has 0 amide bonds. The van der Waals surface area contributed by atoms with Gasteiger partial charge in [-0.2, -0.15) is 5.10 Å². The second-order valence-corrected chi connectivity index (χ2v) is 2.70. The second-order valence-electron chi connectivity index (χ2n) is 2.36. The maximum Gasteiger partial charge on any atom is 0.254 e. The Kier molecular flexibility index (Phi) is 1.59. The summed E-state index contributed by atoms with van der Waals surface area (Å²) < 4.78 is 1.61. The molecule has 0 aliphatic carbocycles. The average Bonchev–Trinajstić information content (AvgIpc) is 2.49. The first-order valence-electron chi connectivity index (χ1n) is 3.41. The van der Waals surface area contributed by atoms with E-state index in [0.29, 0.717) is 5.56 Å². The van der Waals surface area contributed by atoms with Crippen LogP contribution >= 0.6 is 11.6 Å². The van der Waals surface area contributed by atoms with Gasteiger partial charge in [0.2, 0.25) is 0 Å². The molecule has 0 aliphatic rings. The topological polar surface area (TPSA) is 34.4 Å². The van der Waals surface area contributed by atoms with Gasteiger partial charge in [-0.3, -0.25) is 4.79 Å². The third kappa shape index (κ3) is 0.987. The lowest BCUT2D eigenvalue weighted by atomic mass is 10.2. The Morgan fingerprint density at radius 2 is 2.33 bits per heavy atom. The SMILES string of the molecule is O=C(Cl)c1cccn2nccc12. The van der Waals surface area contributed by atoms with Crippen LogP contribution in [-0.4, -0.2) is 14.9 Å². The Morgan fingerprint density at radius 1 is 1.50 bits per heavy atom. The summed E-state index contributed by atoms with van der Waals surface area (Å²) in [5.41, 5.74) is 1.22. The van der Waals surface area contributed by atoms with E-state index in [0.717, 1.165) is 5.52 Å². The molecule has 0 aliphatic heterocycles. The van der Waals surface area contributed by atoms with Crippen LogP contribution in [0.3, 0.4) is 0 Å². The van der Waals surface area contributed by atoms with Crippen molar-refractivity contribution in [3.8, 4) is 0 Å². The molecule has 2 rings (SSSR count). The highest BCUT2D eigenvalue weighted by Gasteiger charge is 2.06. The third-order valence-corrected chi connectivity index (χ3v) is 1.85. The summed E-state index contributed by atoms with van der Waals surface area (Å²) in [5.74, 6) is 0. The molecule has 2 aromatic rings. The van der Waals surface area contributed by atoms with Crippen molar-refractivity contribution in [2.45, 2.75) is 0 Å². The summed E-state index contributed by atoms with van der Waals surface area (Å²) in [5, 5.41) is 3.51. The highest BCUT2D eigenvalue weighted by molar-refractivity contribution is 6.68. The number of carbonyl (C=O) groups excluding carboxylic acids is 1. The molecule has 4 heteroatoms. The van der Waals surface area contributed by atoms with E-state index in [1.54, 1.807) is 35.1 Å². The first-order chi connectivity index (χ1) is 5.79. The fourth-order valence-corrected chi connectivity index (χ4v) is 1.28. The summed E-state index contributed by atoms with van der Waals surface area (Å²) in [4.78, 5) is 10.9. The van der Waals surface area contributed by atoms with Gasteiger partial charge < -0.3 is 0 Å². The van der Waals surface area contributed by atoms with Gasteiger partial charge in [0.15, 0.2) is 0 Å². The second kappa shape index (κ2) is 2.60. The van der Waals surface area contributed by atoms with Gasteiger partial charge in [-0.25, -0.2) is 4.52 Å². The average molecular weight is 181 g/mol. The Labute approximate surface area is 73.6 Å². The smallest absolute Gasteiger partial charge is 0.254 e. The summed E-state index contributed by atoms with van der Waals surface area (Å²) in [7, 11) is 0. The van der Waals surface area contributed by atoms with Crippen LogP contribution in [0.4, 0.5) is 0 Å². The van der Waals surface area contributed by atoms with Gasteiger partial charge in [0.1, 0.15) is 0 Å². The predicted octanol–water partition coefficient (Wildman–Crippen LogP) is 1.71. The quantitative estimate of drug-likeness (QED) is 0.627. The van der Waals surface area contributed by atoms with E-state index in [4.69, 9.17) is 11.6 Å². The van der Waals surface area contributed by atoms with Crippen molar-refractivity contribution < 1.29 is 4.79 Å². The fraction of sp³-hybridized carbons (Fsp3) is 0. The molecule has 0 saturated carbocycles. The number of hydrogen-bond acceptors (Lipinski definition) is 2. The highest BCUT2D eigenvalue weighted by Crippen LogP contribution is 2.11. The predicted molar refractivity (Wildman–Crippen MR) is 45.4 cm³/mol. The molecule has 0 saturated heterocycles. The molecule has 0 bridgehead atoms. The minimum Gasteiger partial charge on any atom is -0.276 e. The number of carbonyl (C=O) groups is 1. The Balaban J connectivity index is 2.82. The molecule has 3 nitrogen and oxygen atoms in total. The van der Waals surface area contributed by atoms with Crippen LogP contribution in [0, 0.1) is 0 Å². The standard InChI is InChI=1S/C8H5ClN2O/c9-8(12)6-2-1-5-11-7(6)3-4-10-11/h1-5H. The van der Waals surface area contributed by atoms with Gasteiger partial charge in [0, 0.05) is 6.20 Å². The van der Waals surface area contributed by atoms with Crippen LogP contribution < -0.4 is 0 Å². The summed E-state index contributed by atoms with van der Waals surface area (Å²) in [6.07, 6.45) is 3.39. The highest BCUT2D eigenvalue weighted by atomic mass is 35.5. The van der Waals surface area contributed by atoms with Gasteiger partial charge in [-0.15, -0.1) is 0 Å². The van der Waals surface area contributed by atoms with Crippen LogP contribution in [0.2, 0.25) is 0 Å². The zero-order valence-corrected chi connectivity index (χ0v) is 6.82. The van der Waals surface area contributed by atoms with Gasteiger partial charge in [-0.1, -0.05) is 0 Å². The molecule has 12 heavy (non-hydrogen) atoms. The molecule has 0 spiro atoms. The fourth-order valence-electron chi connectivity index (χ4n) is 1.12. The van der Waals surface area contributed by atoms with Crippen molar-refractivity contribution >= 4 is 22.4 Å². The van der Waals surface area contributed by atoms with E-state index >= 15 is 0 Å². The monoisotopic (exact) mass is 180 g/mol. The van der Waals surface area contributed by atoms with E-state index in [-0.39, 0.29) is 0 Å². The molecule has 2 aromatic heterocycles. The molecule has 0 radical (unpaired) electrons. The lowest BCUT2D eigenvalue weighted by molar-refractivity contribution is 0.108. The summed E-state index contributed by atoms with van der Waals surface area (Å²) in [6, 6.07) is 5.15. The van der Waals surface area contributed by atoms with Crippen LogP contribution in [0.15, 0.2) is 30.6 Å². The van der Waals surface area contributed by atoms with E-state index in [1.807, 2.05) is 0 Å². The number of aromatic nitrogens is 2. The number of rotatable bonds is 1. The molecular formula is C8H5ClN2O. The molecule has 0 fully saturated rings. The molecule has 0 unspecified atom stereocenters. The van der Waals surface area contributed by atoms with E-state index < -0.39 is 5.24 Å². The number of hydrogen-bond donors (Lipinski definition) is 0. The Bertz CT molecular complexity index is 435. The van der Waals surface area contributed by atoms with Crippen molar-refractivity contribution in [1.82, 2.24) is 9.61 Å². The Hall–Kier alpha value is -1.35. The first-order valence-corrected chi connectivity index (χ1v) is 3.79. The van der Waals surface area contributed by atoms with Crippen LogP contribution in [0.5, 0.6) is 0 Å². The number of pyridine rings is 1. The largest absolute Gasteiger partial charge is 0.276 e. The summed E-state index contributed by atoms with van der Waals surface area (Å²) >= 11 is 5.36. The van der Waals surface area contributed by atoms with E-state index in [2.05, 4.69) is 5.10 Å². The minimum atomic E-state index is -0.457. The van der Waals surface area contributed by atoms with Crippen molar-refractivity contribution in [2.24, 2.45) is 0 Å². The molecule has 60 valence electrons. The first kappa shape index (κ1) is 7.31. The van der Waals surface area contributed by atoms with Crippen molar-refractivity contribution in [3.05, 3.63) is 36.2 Å². The van der Waals surface area contributed by atoms with E-state index in [9.17, 15) is 4.79 Å². The molecule has 2 heterocycles. The number of nitrogens with zero attached hydrogens (tertiary/aromatic N) is 2. The van der Waals surface area contributed by atoms with Gasteiger partial charge in [0.25, 0.3) is 5.24 Å². The molecule has 0 atom stereocenters. The van der Waals surface area contributed by atoms with Crippen molar-refractivity contribution in [3.63, 3.8) is 0 Å². The van der Waals surface area contributed by atoms with Crippen LogP contribution in [0.25, 0.3) is 5.52 Å². The zero-order chi connectivity index (χ0) is 8.55.